The average molecular weight is 710 g/mol. The highest BCUT2D eigenvalue weighted by molar-refractivity contribution is 7.89. The molecule has 4 aromatic carbocycles. The number of halogens is 4. The third kappa shape index (κ3) is 7.52. The number of sulfonamides is 1. The van der Waals surface area contributed by atoms with Crippen LogP contribution in [0.5, 0.6) is 5.75 Å². The Morgan fingerprint density at radius 2 is 1.57 bits per heavy atom. The molecule has 0 fully saturated rings. The van der Waals surface area contributed by atoms with E-state index in [9.17, 15) is 26.6 Å². The van der Waals surface area contributed by atoms with Crippen LogP contribution >= 0.6 is 30.3 Å². The molecule has 2 N–H and O–H groups in total. The smallest absolute Gasteiger partial charge is 0.323 e. The molecule has 0 unspecified atom stereocenters. The fourth-order valence-electron chi connectivity index (χ4n) is 4.56. The minimum absolute atomic E-state index is 0.0398. The summed E-state index contributed by atoms with van der Waals surface area (Å²) in [6, 6.07) is 21.1. The highest BCUT2D eigenvalue weighted by Gasteiger charge is 2.46. The third-order valence-electron chi connectivity index (χ3n) is 7.03. The average Bonchev–Trinajstić information content (AvgIpc) is 3.00. The number of hydrogen-bond donors (Lipinski definition) is 2. The summed E-state index contributed by atoms with van der Waals surface area (Å²) in [6.45, 7) is 5.04. The van der Waals surface area contributed by atoms with E-state index in [0.29, 0.717) is 22.3 Å². The third-order valence-corrected chi connectivity index (χ3v) is 11.1. The molecule has 1 amide bonds. The molecule has 0 saturated carbocycles. The molecule has 0 aliphatic rings. The second-order valence-electron chi connectivity index (χ2n) is 10.5. The number of para-hydroxylation sites is 1. The Hall–Kier alpha value is -3.57. The summed E-state index contributed by atoms with van der Waals surface area (Å²) in [5, 5.41) is 8.81. The van der Waals surface area contributed by atoms with E-state index in [2.05, 4.69) is 6.58 Å². The maximum atomic E-state index is 14.9. The van der Waals surface area contributed by atoms with Gasteiger partial charge in [0.2, 0.25) is 10.0 Å². The Balaban J connectivity index is 1.73. The molecule has 0 heterocycles. The second kappa shape index (κ2) is 14.0. The SMILES string of the molecule is C=COc1ccccc1S(=O)(=O)N(Cc1ccc(-c2ccc(Cl)c(C(=O)NO)c2)cc1)Cc1ccc(C(F)(F)P(C)(C)=O)c(Cl)c1. The van der Waals surface area contributed by atoms with Gasteiger partial charge in [-0.1, -0.05) is 84.4 Å². The molecular weight excluding hydrogens is 680 g/mol. The van der Waals surface area contributed by atoms with E-state index in [1.165, 1.54) is 42.5 Å². The van der Waals surface area contributed by atoms with Gasteiger partial charge in [0, 0.05) is 18.7 Å². The van der Waals surface area contributed by atoms with Gasteiger partial charge >= 0.3 is 5.66 Å². The first kappa shape index (κ1) is 35.3. The molecular formula is C32H29Cl2F2N2O6PS. The molecule has 0 aliphatic carbocycles. The summed E-state index contributed by atoms with van der Waals surface area (Å²) in [5.74, 6) is -0.738. The topological polar surface area (TPSA) is 113 Å². The maximum Gasteiger partial charge on any atom is 0.323 e. The lowest BCUT2D eigenvalue weighted by atomic mass is 10.0. The molecule has 242 valence electrons. The minimum atomic E-state index is -4.27. The number of hydrogen-bond acceptors (Lipinski definition) is 6. The molecule has 14 heteroatoms. The molecule has 0 spiro atoms. The van der Waals surface area contributed by atoms with E-state index < -0.39 is 34.3 Å². The van der Waals surface area contributed by atoms with Crippen molar-refractivity contribution in [1.29, 1.82) is 0 Å². The number of amides is 1. The molecule has 8 nitrogen and oxygen atoms in total. The quantitative estimate of drug-likeness (QED) is 0.0662. The fourth-order valence-corrected chi connectivity index (χ4v) is 7.46. The summed E-state index contributed by atoms with van der Waals surface area (Å²) in [4.78, 5) is 11.8. The monoisotopic (exact) mass is 708 g/mol. The van der Waals surface area contributed by atoms with Gasteiger partial charge in [0.05, 0.1) is 21.9 Å². The van der Waals surface area contributed by atoms with Crippen molar-refractivity contribution in [2.45, 2.75) is 23.6 Å². The first-order valence-corrected chi connectivity index (χ1v) is 18.3. The van der Waals surface area contributed by atoms with Crippen molar-refractivity contribution in [3.05, 3.63) is 130 Å². The highest BCUT2D eigenvalue weighted by atomic mass is 35.5. The lowest BCUT2D eigenvalue weighted by Gasteiger charge is -2.25. The number of ether oxygens (including phenoxy) is 1. The number of rotatable bonds is 12. The van der Waals surface area contributed by atoms with Crippen LogP contribution in [0.3, 0.4) is 0 Å². The predicted octanol–water partition coefficient (Wildman–Crippen LogP) is 8.36. The van der Waals surface area contributed by atoms with E-state index >= 15 is 0 Å². The van der Waals surface area contributed by atoms with Gasteiger partial charge in [-0.2, -0.15) is 13.1 Å². The number of benzene rings is 4. The first-order chi connectivity index (χ1) is 21.6. The molecule has 0 aromatic heterocycles. The van der Waals surface area contributed by atoms with E-state index in [1.807, 2.05) is 0 Å². The van der Waals surface area contributed by atoms with Gasteiger partial charge < -0.3 is 9.30 Å². The van der Waals surface area contributed by atoms with Gasteiger partial charge in [-0.05, 0) is 65.9 Å². The van der Waals surface area contributed by atoms with Crippen molar-refractivity contribution in [2.24, 2.45) is 0 Å². The van der Waals surface area contributed by atoms with Gasteiger partial charge in [-0.25, -0.2) is 13.9 Å². The number of nitrogens with zero attached hydrogens (tertiary/aromatic N) is 1. The van der Waals surface area contributed by atoms with Crippen molar-refractivity contribution in [2.75, 3.05) is 13.3 Å². The molecule has 0 aliphatic heterocycles. The summed E-state index contributed by atoms with van der Waals surface area (Å²) in [6.07, 6.45) is 1.10. The van der Waals surface area contributed by atoms with Gasteiger partial charge in [-0.15, -0.1) is 0 Å². The van der Waals surface area contributed by atoms with Crippen LogP contribution < -0.4 is 10.2 Å². The van der Waals surface area contributed by atoms with Gasteiger partial charge in [0.25, 0.3) is 5.91 Å². The van der Waals surface area contributed by atoms with E-state index in [-0.39, 0.29) is 39.3 Å². The first-order valence-electron chi connectivity index (χ1n) is 13.5. The van der Waals surface area contributed by atoms with Gasteiger partial charge in [0.1, 0.15) is 10.6 Å². The molecule has 0 atom stereocenters. The Morgan fingerprint density at radius 1 is 0.957 bits per heavy atom. The number of alkyl halides is 2. The standard InChI is InChI=1S/C32H29Cl2F2N2O6PS/c1-4-44-29-7-5-6-8-30(29)46(42,43)38(20-22-11-15-26(28(34)17-22)32(35,36)45(2,3)41)19-21-9-12-23(13-10-21)24-14-16-27(33)25(18-24)31(39)37-40/h4-18,40H,1,19-20H2,2-3H3,(H,37,39). The maximum absolute atomic E-state index is 14.9. The van der Waals surface area contributed by atoms with Crippen LogP contribution in [0, 0.1) is 0 Å². The highest BCUT2D eigenvalue weighted by Crippen LogP contribution is 2.61. The fraction of sp³-hybridized carbons (Fsp3) is 0.156. The van der Waals surface area contributed by atoms with Crippen LogP contribution in [0.25, 0.3) is 11.1 Å². The number of carbonyl (C=O) groups is 1. The minimum Gasteiger partial charge on any atom is -0.464 e. The largest absolute Gasteiger partial charge is 0.464 e. The summed E-state index contributed by atoms with van der Waals surface area (Å²) in [7, 11) is -8.17. The Labute approximate surface area is 275 Å². The molecule has 46 heavy (non-hydrogen) atoms. The van der Waals surface area contributed by atoms with Gasteiger partial charge in [0.15, 0.2) is 7.14 Å². The van der Waals surface area contributed by atoms with Crippen molar-refractivity contribution in [3.8, 4) is 16.9 Å². The Bertz CT molecular complexity index is 1940. The summed E-state index contributed by atoms with van der Waals surface area (Å²) in [5.41, 5.74) is -0.492. The molecule has 0 radical (unpaired) electrons. The molecule has 4 rings (SSSR count). The summed E-state index contributed by atoms with van der Waals surface area (Å²) < 4.78 is 76.7. The van der Waals surface area contributed by atoms with Crippen LogP contribution in [-0.4, -0.2) is 37.2 Å². The zero-order chi connectivity index (χ0) is 33.9. The molecule has 0 bridgehead atoms. The van der Waals surface area contributed by atoms with Crippen molar-refractivity contribution >= 4 is 46.3 Å². The number of carbonyl (C=O) groups excluding carboxylic acids is 1. The van der Waals surface area contributed by atoms with Crippen LogP contribution in [-0.2, 0) is 33.3 Å². The lowest BCUT2D eigenvalue weighted by Crippen LogP contribution is -2.30. The van der Waals surface area contributed by atoms with Gasteiger partial charge in [-0.3, -0.25) is 10.0 Å². The van der Waals surface area contributed by atoms with Crippen LogP contribution in [0.15, 0.2) is 103 Å². The van der Waals surface area contributed by atoms with Crippen molar-refractivity contribution in [3.63, 3.8) is 0 Å². The number of nitrogens with one attached hydrogen (secondary N) is 1. The van der Waals surface area contributed by atoms with Crippen LogP contribution in [0.1, 0.15) is 27.0 Å². The lowest BCUT2D eigenvalue weighted by molar-refractivity contribution is 0.0706. The van der Waals surface area contributed by atoms with E-state index in [1.54, 1.807) is 41.9 Å². The Kier molecular flexibility index (Phi) is 10.8. The van der Waals surface area contributed by atoms with Crippen molar-refractivity contribution < 1.29 is 36.5 Å². The summed E-state index contributed by atoms with van der Waals surface area (Å²) >= 11 is 12.3. The van der Waals surface area contributed by atoms with Crippen LogP contribution in [0.2, 0.25) is 10.0 Å². The molecule has 4 aromatic rings. The second-order valence-corrected chi connectivity index (χ2v) is 16.5. The zero-order valence-corrected chi connectivity index (χ0v) is 27.8. The predicted molar refractivity (Wildman–Crippen MR) is 175 cm³/mol. The Morgan fingerprint density at radius 3 is 2.17 bits per heavy atom. The van der Waals surface area contributed by atoms with E-state index in [4.69, 9.17) is 33.1 Å². The normalized spacial score (nSPS) is 12.2. The van der Waals surface area contributed by atoms with E-state index in [0.717, 1.165) is 30.0 Å². The zero-order valence-electron chi connectivity index (χ0n) is 24.6. The van der Waals surface area contributed by atoms with Crippen molar-refractivity contribution in [1.82, 2.24) is 9.79 Å². The van der Waals surface area contributed by atoms with Crippen LogP contribution in [0.4, 0.5) is 8.78 Å². The molecule has 0 saturated heterocycles. The number of hydroxylamine groups is 1.